The Morgan fingerprint density at radius 3 is 2.48 bits per heavy atom. The quantitative estimate of drug-likeness (QED) is 0.824. The molecule has 0 spiro atoms. The van der Waals surface area contributed by atoms with Crippen molar-refractivity contribution in [2.45, 2.75) is 25.5 Å². The molecular weight excluding hydrogens is 286 g/mol. The zero-order valence-corrected chi connectivity index (χ0v) is 12.4. The molecule has 1 atom stereocenters. The number of hydrogen-bond donors (Lipinski definition) is 1. The number of benzene rings is 2. The van der Waals surface area contributed by atoms with Crippen LogP contribution >= 0.6 is 11.6 Å². The van der Waals surface area contributed by atoms with Gasteiger partial charge in [0.15, 0.2) is 0 Å². The van der Waals surface area contributed by atoms with Crippen LogP contribution in [0.3, 0.4) is 0 Å². The van der Waals surface area contributed by atoms with Crippen molar-refractivity contribution in [1.82, 2.24) is 0 Å². The van der Waals surface area contributed by atoms with E-state index in [0.717, 1.165) is 11.1 Å². The molecule has 2 rings (SSSR count). The van der Waals surface area contributed by atoms with Crippen LogP contribution in [0, 0.1) is 0 Å². The summed E-state index contributed by atoms with van der Waals surface area (Å²) in [6.45, 7) is 0.194. The Morgan fingerprint density at radius 2 is 1.76 bits per heavy atom. The monoisotopic (exact) mass is 303 g/mol. The van der Waals surface area contributed by atoms with Crippen molar-refractivity contribution in [2.75, 3.05) is 0 Å². The Bertz CT molecular complexity index is 586. The third-order valence-corrected chi connectivity index (χ3v) is 3.60. The van der Waals surface area contributed by atoms with Gasteiger partial charge in [-0.1, -0.05) is 60.1 Å². The van der Waals surface area contributed by atoms with Crippen molar-refractivity contribution >= 4 is 17.6 Å². The second kappa shape index (κ2) is 7.81. The molecule has 0 heterocycles. The predicted octanol–water partition coefficient (Wildman–Crippen LogP) is 3.86. The van der Waals surface area contributed by atoms with Crippen LogP contribution in [-0.2, 0) is 16.1 Å². The Kier molecular flexibility index (Phi) is 5.78. The van der Waals surface area contributed by atoms with Crippen molar-refractivity contribution in [1.29, 1.82) is 0 Å². The molecule has 0 saturated carbocycles. The summed E-state index contributed by atoms with van der Waals surface area (Å²) in [7, 11) is 0. The average molecular weight is 304 g/mol. The van der Waals surface area contributed by atoms with Crippen molar-refractivity contribution in [3.8, 4) is 0 Å². The summed E-state index contributed by atoms with van der Waals surface area (Å²) in [5.41, 5.74) is 7.88. The number of esters is 1. The van der Waals surface area contributed by atoms with Gasteiger partial charge in [0.05, 0.1) is 0 Å². The van der Waals surface area contributed by atoms with Crippen LogP contribution in [0.4, 0.5) is 0 Å². The first kappa shape index (κ1) is 15.5. The van der Waals surface area contributed by atoms with E-state index >= 15 is 0 Å². The van der Waals surface area contributed by atoms with Crippen molar-refractivity contribution < 1.29 is 9.53 Å². The third kappa shape index (κ3) is 4.88. The van der Waals surface area contributed by atoms with Crippen molar-refractivity contribution in [2.24, 2.45) is 5.73 Å². The fraction of sp³-hybridized carbons (Fsp3) is 0.235. The van der Waals surface area contributed by atoms with Crippen LogP contribution in [0.5, 0.6) is 0 Å². The smallest absolute Gasteiger partial charge is 0.306 e. The van der Waals surface area contributed by atoms with Crippen molar-refractivity contribution in [3.05, 3.63) is 70.7 Å². The first-order valence-electron chi connectivity index (χ1n) is 6.86. The molecule has 4 heteroatoms. The lowest BCUT2D eigenvalue weighted by Gasteiger charge is -2.11. The maximum atomic E-state index is 11.7. The zero-order valence-electron chi connectivity index (χ0n) is 11.7. The minimum atomic E-state index is -0.263. The molecule has 0 aliphatic heterocycles. The topological polar surface area (TPSA) is 52.3 Å². The highest BCUT2D eigenvalue weighted by Gasteiger charge is 2.10. The van der Waals surface area contributed by atoms with Crippen LogP contribution in [0.2, 0.25) is 5.02 Å². The number of ether oxygens (including phenoxy) is 1. The summed E-state index contributed by atoms with van der Waals surface area (Å²) in [6.07, 6.45) is 0.853. The van der Waals surface area contributed by atoms with E-state index in [0.29, 0.717) is 17.9 Å². The van der Waals surface area contributed by atoms with Gasteiger partial charge < -0.3 is 10.5 Å². The molecule has 21 heavy (non-hydrogen) atoms. The molecule has 0 fully saturated rings. The van der Waals surface area contributed by atoms with Gasteiger partial charge in [0.2, 0.25) is 0 Å². The zero-order chi connectivity index (χ0) is 15.1. The number of carbonyl (C=O) groups is 1. The van der Waals surface area contributed by atoms with E-state index in [1.165, 1.54) is 0 Å². The molecule has 2 N–H and O–H groups in total. The van der Waals surface area contributed by atoms with Gasteiger partial charge in [-0.2, -0.15) is 0 Å². The second-order valence-corrected chi connectivity index (χ2v) is 5.22. The SMILES string of the molecule is NC(CCC(=O)OCc1ccccc1Cl)c1ccccc1. The van der Waals surface area contributed by atoms with Crippen LogP contribution in [-0.4, -0.2) is 5.97 Å². The first-order chi connectivity index (χ1) is 10.2. The fourth-order valence-corrected chi connectivity index (χ4v) is 2.18. The largest absolute Gasteiger partial charge is 0.461 e. The Labute approximate surface area is 129 Å². The number of nitrogens with two attached hydrogens (primary N) is 1. The molecule has 0 aromatic heterocycles. The van der Waals surface area contributed by atoms with Crippen LogP contribution in [0.15, 0.2) is 54.6 Å². The van der Waals surface area contributed by atoms with Crippen LogP contribution in [0.1, 0.15) is 30.0 Å². The summed E-state index contributed by atoms with van der Waals surface area (Å²) in [6, 6.07) is 16.9. The van der Waals surface area contributed by atoms with Crippen LogP contribution < -0.4 is 5.73 Å². The van der Waals surface area contributed by atoms with Gasteiger partial charge in [0.25, 0.3) is 0 Å². The summed E-state index contributed by atoms with van der Waals surface area (Å²) in [5, 5.41) is 0.603. The summed E-state index contributed by atoms with van der Waals surface area (Å²) < 4.78 is 5.22. The highest BCUT2D eigenvalue weighted by Crippen LogP contribution is 2.18. The molecule has 2 aromatic carbocycles. The maximum Gasteiger partial charge on any atom is 0.306 e. The Morgan fingerprint density at radius 1 is 1.10 bits per heavy atom. The van der Waals surface area contributed by atoms with Crippen molar-refractivity contribution in [3.63, 3.8) is 0 Å². The van der Waals surface area contributed by atoms with Gasteiger partial charge in [-0.25, -0.2) is 0 Å². The van der Waals surface area contributed by atoms with Gasteiger partial charge in [0, 0.05) is 23.0 Å². The van der Waals surface area contributed by atoms with E-state index in [4.69, 9.17) is 22.1 Å². The Hall–Kier alpha value is -1.84. The number of rotatable bonds is 6. The molecule has 0 aliphatic rings. The molecular formula is C17H18ClNO2. The number of hydrogen-bond acceptors (Lipinski definition) is 3. The van der Waals surface area contributed by atoms with E-state index < -0.39 is 0 Å². The fourth-order valence-electron chi connectivity index (χ4n) is 1.99. The van der Waals surface area contributed by atoms with E-state index in [2.05, 4.69) is 0 Å². The molecule has 0 amide bonds. The molecule has 0 saturated heterocycles. The maximum absolute atomic E-state index is 11.7. The number of halogens is 1. The van der Waals surface area contributed by atoms with E-state index in [1.807, 2.05) is 48.5 Å². The number of carbonyl (C=O) groups excluding carboxylic acids is 1. The summed E-state index contributed by atoms with van der Waals surface area (Å²) in [5.74, 6) is -0.263. The average Bonchev–Trinajstić information content (AvgIpc) is 2.52. The van der Waals surface area contributed by atoms with Gasteiger partial charge >= 0.3 is 5.97 Å². The summed E-state index contributed by atoms with van der Waals surface area (Å²) >= 11 is 6.00. The highest BCUT2D eigenvalue weighted by molar-refractivity contribution is 6.31. The molecule has 1 unspecified atom stereocenters. The van der Waals surface area contributed by atoms with Gasteiger partial charge in [-0.3, -0.25) is 4.79 Å². The first-order valence-corrected chi connectivity index (χ1v) is 7.24. The van der Waals surface area contributed by atoms with Gasteiger partial charge in [-0.05, 0) is 18.1 Å². The second-order valence-electron chi connectivity index (χ2n) is 4.81. The highest BCUT2D eigenvalue weighted by atomic mass is 35.5. The van der Waals surface area contributed by atoms with Gasteiger partial charge in [-0.15, -0.1) is 0 Å². The summed E-state index contributed by atoms with van der Waals surface area (Å²) in [4.78, 5) is 11.7. The Balaban J connectivity index is 1.76. The predicted molar refractivity (Wildman–Crippen MR) is 83.9 cm³/mol. The minimum absolute atomic E-state index is 0.154. The molecule has 0 bridgehead atoms. The lowest BCUT2D eigenvalue weighted by atomic mass is 10.0. The lowest BCUT2D eigenvalue weighted by Crippen LogP contribution is -2.13. The lowest BCUT2D eigenvalue weighted by molar-refractivity contribution is -0.145. The molecule has 2 aromatic rings. The minimum Gasteiger partial charge on any atom is -0.461 e. The molecule has 0 aliphatic carbocycles. The van der Waals surface area contributed by atoms with Crippen LogP contribution in [0.25, 0.3) is 0 Å². The van der Waals surface area contributed by atoms with E-state index in [9.17, 15) is 4.79 Å². The normalized spacial score (nSPS) is 11.9. The molecule has 0 radical (unpaired) electrons. The third-order valence-electron chi connectivity index (χ3n) is 3.23. The molecule has 3 nitrogen and oxygen atoms in total. The molecule has 110 valence electrons. The van der Waals surface area contributed by atoms with E-state index in [1.54, 1.807) is 6.07 Å². The van der Waals surface area contributed by atoms with E-state index in [-0.39, 0.29) is 18.6 Å². The standard InChI is InChI=1S/C17H18ClNO2/c18-15-9-5-4-8-14(15)12-21-17(20)11-10-16(19)13-6-2-1-3-7-13/h1-9,16H,10-12,19H2. The van der Waals surface area contributed by atoms with Gasteiger partial charge in [0.1, 0.15) is 6.61 Å².